The number of aromatic amines is 1. The number of carboxylic acid groups (broad SMARTS) is 1. The number of nitrogens with one attached hydrogen (secondary N) is 1. The highest BCUT2D eigenvalue weighted by molar-refractivity contribution is 6.06. The molecule has 2 aromatic heterocycles. The molecule has 0 radical (unpaired) electrons. The average Bonchev–Trinajstić information content (AvgIpc) is 2.76. The maximum absolute atomic E-state index is 10.5. The summed E-state index contributed by atoms with van der Waals surface area (Å²) in [5.74, 6) is -0.737. The number of nitrogens with zero attached hydrogens (tertiary/aromatic N) is 1. The van der Waals surface area contributed by atoms with E-state index in [-0.39, 0.29) is 6.42 Å². The van der Waals surface area contributed by atoms with Crippen LogP contribution in [0.2, 0.25) is 0 Å². The maximum atomic E-state index is 10.5. The molecule has 0 saturated carbocycles. The van der Waals surface area contributed by atoms with E-state index in [0.29, 0.717) is 6.42 Å². The zero-order chi connectivity index (χ0) is 13.2. The number of carboxylic acids is 1. The van der Waals surface area contributed by atoms with Crippen LogP contribution in [0.25, 0.3) is 21.8 Å². The fourth-order valence-corrected chi connectivity index (χ4v) is 2.40. The van der Waals surface area contributed by atoms with Crippen LogP contribution >= 0.6 is 0 Å². The van der Waals surface area contributed by atoms with Crippen LogP contribution in [0.3, 0.4) is 0 Å². The number of benzene rings is 1. The first kappa shape index (κ1) is 11.7. The third-order valence-corrected chi connectivity index (χ3v) is 3.32. The van der Waals surface area contributed by atoms with Crippen molar-refractivity contribution in [3.05, 3.63) is 42.2 Å². The molecule has 2 heterocycles. The van der Waals surface area contributed by atoms with Gasteiger partial charge in [0.25, 0.3) is 0 Å². The third-order valence-electron chi connectivity index (χ3n) is 3.32. The lowest BCUT2D eigenvalue weighted by atomic mass is 10.1. The lowest BCUT2D eigenvalue weighted by Gasteiger charge is -2.00. The summed E-state index contributed by atoms with van der Waals surface area (Å²) < 4.78 is 0. The molecule has 4 heteroatoms. The highest BCUT2D eigenvalue weighted by Crippen LogP contribution is 2.25. The van der Waals surface area contributed by atoms with Gasteiger partial charge in [0.2, 0.25) is 0 Å². The van der Waals surface area contributed by atoms with Crippen LogP contribution in [0.1, 0.15) is 18.4 Å². The summed E-state index contributed by atoms with van der Waals surface area (Å²) in [5.41, 5.74) is 3.29. The number of aryl methyl sites for hydroxylation is 1. The van der Waals surface area contributed by atoms with Gasteiger partial charge in [-0.3, -0.25) is 9.78 Å². The summed E-state index contributed by atoms with van der Waals surface area (Å²) in [6.45, 7) is 0. The van der Waals surface area contributed by atoms with Gasteiger partial charge in [-0.25, -0.2) is 0 Å². The van der Waals surface area contributed by atoms with Crippen molar-refractivity contribution >= 4 is 27.8 Å². The molecule has 0 aliphatic rings. The lowest BCUT2D eigenvalue weighted by molar-refractivity contribution is -0.137. The fraction of sp³-hybridized carbons (Fsp3) is 0.200. The summed E-state index contributed by atoms with van der Waals surface area (Å²) in [4.78, 5) is 17.9. The fourth-order valence-electron chi connectivity index (χ4n) is 2.40. The molecule has 2 N–H and O–H groups in total. The van der Waals surface area contributed by atoms with Crippen LogP contribution in [0, 0.1) is 0 Å². The molecule has 0 unspecified atom stereocenters. The maximum Gasteiger partial charge on any atom is 0.303 e. The lowest BCUT2D eigenvalue weighted by Crippen LogP contribution is -1.95. The summed E-state index contributed by atoms with van der Waals surface area (Å²) in [7, 11) is 0. The van der Waals surface area contributed by atoms with Crippen molar-refractivity contribution in [1.82, 2.24) is 9.97 Å². The predicted molar refractivity (Wildman–Crippen MR) is 74.2 cm³/mol. The van der Waals surface area contributed by atoms with E-state index in [1.54, 1.807) is 6.20 Å². The summed E-state index contributed by atoms with van der Waals surface area (Å²) >= 11 is 0. The van der Waals surface area contributed by atoms with Crippen LogP contribution in [0.15, 0.2) is 36.7 Å². The van der Waals surface area contributed by atoms with Gasteiger partial charge in [-0.2, -0.15) is 0 Å². The second-order valence-electron chi connectivity index (χ2n) is 4.67. The van der Waals surface area contributed by atoms with Gasteiger partial charge in [-0.15, -0.1) is 0 Å². The van der Waals surface area contributed by atoms with E-state index >= 15 is 0 Å². The van der Waals surface area contributed by atoms with Gasteiger partial charge < -0.3 is 10.1 Å². The monoisotopic (exact) mass is 254 g/mol. The molecular formula is C15H14N2O2. The quantitative estimate of drug-likeness (QED) is 0.751. The van der Waals surface area contributed by atoms with Crippen molar-refractivity contribution in [2.75, 3.05) is 0 Å². The zero-order valence-electron chi connectivity index (χ0n) is 10.4. The van der Waals surface area contributed by atoms with Gasteiger partial charge in [0.1, 0.15) is 0 Å². The van der Waals surface area contributed by atoms with E-state index in [1.165, 1.54) is 10.9 Å². The molecule has 4 nitrogen and oxygen atoms in total. The van der Waals surface area contributed by atoms with Gasteiger partial charge in [-0.05, 0) is 36.6 Å². The van der Waals surface area contributed by atoms with E-state index in [4.69, 9.17) is 5.11 Å². The van der Waals surface area contributed by atoms with E-state index in [2.05, 4.69) is 16.0 Å². The topological polar surface area (TPSA) is 66.0 Å². The number of pyridine rings is 1. The Morgan fingerprint density at radius 1 is 1.21 bits per heavy atom. The molecular weight excluding hydrogens is 240 g/mol. The first-order valence-corrected chi connectivity index (χ1v) is 6.30. The van der Waals surface area contributed by atoms with Crippen molar-refractivity contribution in [2.24, 2.45) is 0 Å². The number of hydrogen-bond acceptors (Lipinski definition) is 2. The van der Waals surface area contributed by atoms with Crippen molar-refractivity contribution < 1.29 is 9.90 Å². The normalized spacial score (nSPS) is 11.2. The van der Waals surface area contributed by atoms with Crippen molar-refractivity contribution in [2.45, 2.75) is 19.3 Å². The molecule has 0 atom stereocenters. The Labute approximate surface area is 110 Å². The Morgan fingerprint density at radius 3 is 2.95 bits per heavy atom. The van der Waals surface area contributed by atoms with Gasteiger partial charge >= 0.3 is 5.97 Å². The smallest absolute Gasteiger partial charge is 0.303 e. The minimum Gasteiger partial charge on any atom is -0.481 e. The van der Waals surface area contributed by atoms with Crippen LogP contribution in [-0.2, 0) is 11.2 Å². The van der Waals surface area contributed by atoms with E-state index in [9.17, 15) is 4.79 Å². The Bertz CT molecular complexity index is 746. The number of rotatable bonds is 4. The van der Waals surface area contributed by atoms with Gasteiger partial charge in [-0.1, -0.05) is 6.07 Å². The molecule has 0 fully saturated rings. The Morgan fingerprint density at radius 2 is 2.11 bits per heavy atom. The second kappa shape index (κ2) is 4.72. The molecule has 3 aromatic rings. The van der Waals surface area contributed by atoms with Crippen molar-refractivity contribution in [1.29, 1.82) is 0 Å². The van der Waals surface area contributed by atoms with Gasteiger partial charge in [0, 0.05) is 28.9 Å². The summed E-state index contributed by atoms with van der Waals surface area (Å²) in [6, 6.07) is 8.23. The number of H-pyrrole nitrogens is 1. The van der Waals surface area contributed by atoms with Crippen molar-refractivity contribution in [3.8, 4) is 0 Å². The number of aromatic nitrogens is 2. The van der Waals surface area contributed by atoms with Crippen LogP contribution in [-0.4, -0.2) is 21.0 Å². The molecule has 0 aliphatic carbocycles. The summed E-state index contributed by atoms with van der Waals surface area (Å²) in [6.07, 6.45) is 5.28. The van der Waals surface area contributed by atoms with Gasteiger partial charge in [0.05, 0.1) is 11.7 Å². The first-order valence-electron chi connectivity index (χ1n) is 6.30. The van der Waals surface area contributed by atoms with Crippen LogP contribution in [0.4, 0.5) is 0 Å². The van der Waals surface area contributed by atoms with E-state index in [1.807, 2.05) is 24.4 Å². The number of aliphatic carboxylic acids is 1. The number of fused-ring (bicyclic) bond motifs is 3. The highest BCUT2D eigenvalue weighted by Gasteiger charge is 2.05. The van der Waals surface area contributed by atoms with E-state index < -0.39 is 5.97 Å². The third kappa shape index (κ3) is 2.29. The molecule has 1 aromatic carbocycles. The Kier molecular flexibility index (Phi) is 2.91. The number of carbonyl (C=O) groups is 1. The van der Waals surface area contributed by atoms with Crippen molar-refractivity contribution in [3.63, 3.8) is 0 Å². The molecule has 19 heavy (non-hydrogen) atoms. The molecule has 0 aliphatic heterocycles. The zero-order valence-corrected chi connectivity index (χ0v) is 10.4. The minimum absolute atomic E-state index is 0.218. The molecule has 0 spiro atoms. The standard InChI is InChI=1S/C15H14N2O2/c18-15(19)3-1-2-10-4-5-13-12(8-10)11-6-7-16-9-14(11)17-13/h4-9,17H,1-3H2,(H,18,19). The van der Waals surface area contributed by atoms with Crippen LogP contribution in [0.5, 0.6) is 0 Å². The predicted octanol–water partition coefficient (Wildman–Crippen LogP) is 3.12. The first-order chi connectivity index (χ1) is 9.24. The average molecular weight is 254 g/mol. The van der Waals surface area contributed by atoms with Gasteiger partial charge in [0.15, 0.2) is 0 Å². The molecule has 3 rings (SSSR count). The molecule has 0 amide bonds. The van der Waals surface area contributed by atoms with E-state index in [0.717, 1.165) is 22.8 Å². The Balaban J connectivity index is 1.95. The molecule has 0 bridgehead atoms. The minimum atomic E-state index is -0.737. The SMILES string of the molecule is O=C(O)CCCc1ccc2[nH]c3cnccc3c2c1. The molecule has 96 valence electrons. The molecule has 0 saturated heterocycles. The van der Waals surface area contributed by atoms with Crippen LogP contribution < -0.4 is 0 Å². The Hall–Kier alpha value is -2.36. The highest BCUT2D eigenvalue weighted by atomic mass is 16.4. The second-order valence-corrected chi connectivity index (χ2v) is 4.67. The largest absolute Gasteiger partial charge is 0.481 e. The summed E-state index contributed by atoms with van der Waals surface area (Å²) in [5, 5.41) is 11.0. The number of hydrogen-bond donors (Lipinski definition) is 2.